The van der Waals surface area contributed by atoms with Crippen LogP contribution in [0, 0.1) is 0 Å². The van der Waals surface area contributed by atoms with Gasteiger partial charge in [-0.05, 0) is 58.7 Å². The molecule has 1 atom stereocenters. The highest BCUT2D eigenvalue weighted by Gasteiger charge is 2.18. The standard InChI is InChI=1S/C30H30N2O3/c1-20(33)27(16-21-8-6-5-7-9-21)32-29(34)28-18-22-10-13-26(17-23(22)19-31-28)35-25-14-11-24(12-15-25)30(2,3)4/h5-15,17-19,27,33H,1,16H2,2-4H3,(H,32,34)/t27-/m0/s1. The van der Waals surface area contributed by atoms with Crippen molar-refractivity contribution in [2.24, 2.45) is 0 Å². The van der Waals surface area contributed by atoms with Crippen molar-refractivity contribution >= 4 is 16.7 Å². The molecule has 5 nitrogen and oxygen atoms in total. The van der Waals surface area contributed by atoms with Gasteiger partial charge in [-0.25, -0.2) is 0 Å². The van der Waals surface area contributed by atoms with E-state index in [0.29, 0.717) is 12.2 Å². The van der Waals surface area contributed by atoms with Gasteiger partial charge in [0.1, 0.15) is 23.0 Å². The van der Waals surface area contributed by atoms with E-state index in [0.717, 1.165) is 22.1 Å². The van der Waals surface area contributed by atoms with Gasteiger partial charge in [-0.3, -0.25) is 9.78 Å². The minimum atomic E-state index is -0.608. The largest absolute Gasteiger partial charge is 0.511 e. The van der Waals surface area contributed by atoms with Gasteiger partial charge in [-0.1, -0.05) is 75.9 Å². The molecule has 0 radical (unpaired) electrons. The maximum Gasteiger partial charge on any atom is 0.270 e. The number of rotatable bonds is 7. The van der Waals surface area contributed by atoms with Gasteiger partial charge >= 0.3 is 0 Å². The Labute approximate surface area is 206 Å². The Bertz CT molecular complexity index is 1340. The lowest BCUT2D eigenvalue weighted by atomic mass is 9.87. The van der Waals surface area contributed by atoms with Gasteiger partial charge in [0.2, 0.25) is 0 Å². The second-order valence-corrected chi connectivity index (χ2v) is 9.66. The maximum absolute atomic E-state index is 12.8. The number of benzene rings is 3. The molecule has 0 aliphatic heterocycles. The highest BCUT2D eigenvalue weighted by atomic mass is 16.5. The van der Waals surface area contributed by atoms with E-state index in [1.54, 1.807) is 12.3 Å². The molecule has 2 N–H and O–H groups in total. The first kappa shape index (κ1) is 24.0. The molecule has 0 aliphatic rings. The van der Waals surface area contributed by atoms with Crippen molar-refractivity contribution in [2.45, 2.75) is 38.6 Å². The molecule has 0 bridgehead atoms. The molecule has 35 heavy (non-hydrogen) atoms. The zero-order chi connectivity index (χ0) is 25.0. The van der Waals surface area contributed by atoms with Crippen LogP contribution < -0.4 is 10.1 Å². The SMILES string of the molecule is C=C(O)[C@H](Cc1ccccc1)NC(=O)c1cc2ccc(Oc3ccc(C(C)(C)C)cc3)cc2cn1. The first-order valence-corrected chi connectivity index (χ1v) is 11.6. The summed E-state index contributed by atoms with van der Waals surface area (Å²) in [5, 5.41) is 14.6. The number of ether oxygens (including phenoxy) is 1. The normalized spacial score (nSPS) is 12.2. The van der Waals surface area contributed by atoms with Crippen LogP contribution in [-0.2, 0) is 11.8 Å². The third-order valence-corrected chi connectivity index (χ3v) is 5.87. The van der Waals surface area contributed by atoms with Crippen LogP contribution in [0.2, 0.25) is 0 Å². The van der Waals surface area contributed by atoms with Crippen LogP contribution in [0.5, 0.6) is 11.5 Å². The first-order chi connectivity index (χ1) is 16.7. The minimum absolute atomic E-state index is 0.0864. The Morgan fingerprint density at radius 2 is 1.66 bits per heavy atom. The molecule has 0 fully saturated rings. The second kappa shape index (κ2) is 10.0. The molecular weight excluding hydrogens is 436 g/mol. The topological polar surface area (TPSA) is 71.5 Å². The van der Waals surface area contributed by atoms with Crippen molar-refractivity contribution in [3.8, 4) is 11.5 Å². The maximum atomic E-state index is 12.8. The molecule has 1 amide bonds. The Kier molecular flexibility index (Phi) is 6.87. The Morgan fingerprint density at radius 3 is 2.31 bits per heavy atom. The van der Waals surface area contributed by atoms with E-state index in [1.807, 2.05) is 60.7 Å². The second-order valence-electron chi connectivity index (χ2n) is 9.66. The Morgan fingerprint density at radius 1 is 0.971 bits per heavy atom. The number of nitrogens with zero attached hydrogens (tertiary/aromatic N) is 1. The molecule has 178 valence electrons. The molecule has 5 heteroatoms. The highest BCUT2D eigenvalue weighted by molar-refractivity contribution is 5.96. The molecule has 0 unspecified atom stereocenters. The van der Waals surface area contributed by atoms with E-state index < -0.39 is 6.04 Å². The van der Waals surface area contributed by atoms with Crippen molar-refractivity contribution in [2.75, 3.05) is 0 Å². The summed E-state index contributed by atoms with van der Waals surface area (Å²) in [5.74, 6) is 0.983. The predicted octanol–water partition coefficient (Wildman–Crippen LogP) is 6.74. The Hall–Kier alpha value is -4.12. The lowest BCUT2D eigenvalue weighted by Crippen LogP contribution is -2.38. The number of pyridine rings is 1. The number of hydrogen-bond acceptors (Lipinski definition) is 4. The third kappa shape index (κ3) is 6.07. The zero-order valence-corrected chi connectivity index (χ0v) is 20.3. The smallest absolute Gasteiger partial charge is 0.270 e. The molecule has 0 saturated heterocycles. The van der Waals surface area contributed by atoms with Crippen molar-refractivity contribution in [1.82, 2.24) is 10.3 Å². The van der Waals surface area contributed by atoms with Gasteiger partial charge in [0.15, 0.2) is 0 Å². The minimum Gasteiger partial charge on any atom is -0.511 e. The number of aromatic nitrogens is 1. The molecule has 0 saturated carbocycles. The molecule has 1 heterocycles. The fourth-order valence-corrected chi connectivity index (χ4v) is 3.80. The quantitative estimate of drug-likeness (QED) is 0.296. The number of carbonyl (C=O) groups excluding carboxylic acids is 1. The average molecular weight is 467 g/mol. The van der Waals surface area contributed by atoms with Crippen LogP contribution in [0.3, 0.4) is 0 Å². The average Bonchev–Trinajstić information content (AvgIpc) is 2.83. The zero-order valence-electron chi connectivity index (χ0n) is 20.3. The number of fused-ring (bicyclic) bond motifs is 1. The molecule has 0 aliphatic carbocycles. The molecule has 1 aromatic heterocycles. The van der Waals surface area contributed by atoms with Gasteiger partial charge in [-0.2, -0.15) is 0 Å². The number of carbonyl (C=O) groups is 1. The van der Waals surface area contributed by atoms with E-state index in [2.05, 4.69) is 49.8 Å². The molecule has 3 aromatic carbocycles. The highest BCUT2D eigenvalue weighted by Crippen LogP contribution is 2.28. The summed E-state index contributed by atoms with van der Waals surface area (Å²) in [6, 6.07) is 24.5. The van der Waals surface area contributed by atoms with Crippen molar-refractivity contribution in [3.63, 3.8) is 0 Å². The summed E-state index contributed by atoms with van der Waals surface area (Å²) in [7, 11) is 0. The molecule has 4 rings (SSSR count). The molecular formula is C30H30N2O3. The van der Waals surface area contributed by atoms with E-state index in [9.17, 15) is 9.90 Å². The van der Waals surface area contributed by atoms with Gasteiger partial charge in [0.05, 0.1) is 6.04 Å². The fraction of sp³-hybridized carbons (Fsp3) is 0.200. The molecule has 0 spiro atoms. The summed E-state index contributed by atoms with van der Waals surface area (Å²) < 4.78 is 6.02. The number of nitrogens with one attached hydrogen (secondary N) is 1. The van der Waals surface area contributed by atoms with Crippen LogP contribution in [-0.4, -0.2) is 22.0 Å². The van der Waals surface area contributed by atoms with E-state index in [4.69, 9.17) is 4.74 Å². The van der Waals surface area contributed by atoms with Crippen LogP contribution in [0.25, 0.3) is 10.8 Å². The predicted molar refractivity (Wildman–Crippen MR) is 140 cm³/mol. The van der Waals surface area contributed by atoms with Crippen LogP contribution in [0.15, 0.2) is 97.4 Å². The van der Waals surface area contributed by atoms with E-state index in [1.165, 1.54) is 5.56 Å². The summed E-state index contributed by atoms with van der Waals surface area (Å²) >= 11 is 0. The first-order valence-electron chi connectivity index (χ1n) is 11.6. The summed E-state index contributed by atoms with van der Waals surface area (Å²) in [5.41, 5.74) is 2.58. The van der Waals surface area contributed by atoms with Crippen LogP contribution >= 0.6 is 0 Å². The third-order valence-electron chi connectivity index (χ3n) is 5.87. The number of hydrogen-bond donors (Lipinski definition) is 2. The number of aliphatic hydroxyl groups is 1. The molecule has 4 aromatic rings. The van der Waals surface area contributed by atoms with Crippen LogP contribution in [0.4, 0.5) is 0 Å². The van der Waals surface area contributed by atoms with Gasteiger partial charge in [-0.15, -0.1) is 0 Å². The summed E-state index contributed by atoms with van der Waals surface area (Å²) in [6.45, 7) is 10.1. The van der Waals surface area contributed by atoms with Gasteiger partial charge in [0, 0.05) is 11.6 Å². The fourth-order valence-electron chi connectivity index (χ4n) is 3.80. The van der Waals surface area contributed by atoms with Crippen molar-refractivity contribution in [1.29, 1.82) is 0 Å². The summed E-state index contributed by atoms with van der Waals surface area (Å²) in [6.07, 6.45) is 2.09. The van der Waals surface area contributed by atoms with Crippen LogP contribution in [0.1, 0.15) is 42.4 Å². The summed E-state index contributed by atoms with van der Waals surface area (Å²) in [4.78, 5) is 17.2. The monoisotopic (exact) mass is 466 g/mol. The van der Waals surface area contributed by atoms with Gasteiger partial charge < -0.3 is 15.2 Å². The number of aliphatic hydroxyl groups excluding tert-OH is 1. The Balaban J connectivity index is 1.47. The lowest BCUT2D eigenvalue weighted by molar-refractivity contribution is 0.0929. The van der Waals surface area contributed by atoms with Crippen molar-refractivity contribution < 1.29 is 14.6 Å². The van der Waals surface area contributed by atoms with Gasteiger partial charge in [0.25, 0.3) is 5.91 Å². The number of amides is 1. The lowest BCUT2D eigenvalue weighted by Gasteiger charge is -2.19. The van der Waals surface area contributed by atoms with Crippen molar-refractivity contribution in [3.05, 3.63) is 114 Å². The van der Waals surface area contributed by atoms with E-state index >= 15 is 0 Å². The van der Waals surface area contributed by atoms with E-state index in [-0.39, 0.29) is 22.8 Å².